The van der Waals surface area contributed by atoms with Gasteiger partial charge in [0, 0.05) is 16.7 Å². The third-order valence-corrected chi connectivity index (χ3v) is 2.54. The predicted molar refractivity (Wildman–Crippen MR) is 82.9 cm³/mol. The monoisotopic (exact) mass is 309 g/mol. The molecular weight excluding hydrogens is 286 g/mol. The molecule has 0 aliphatic heterocycles. The van der Waals surface area contributed by atoms with E-state index in [-0.39, 0.29) is 29.9 Å². The topological polar surface area (TPSA) is 81.7 Å². The molecule has 0 aliphatic carbocycles. The second-order valence-electron chi connectivity index (χ2n) is 5.51. The van der Waals surface area contributed by atoms with Crippen molar-refractivity contribution >= 4 is 17.8 Å². The van der Waals surface area contributed by atoms with Gasteiger partial charge in [-0.1, -0.05) is 19.7 Å². The van der Waals surface area contributed by atoms with Crippen molar-refractivity contribution in [1.29, 1.82) is 0 Å². The molecule has 0 spiro atoms. The van der Waals surface area contributed by atoms with E-state index in [1.54, 1.807) is 6.92 Å². The van der Waals surface area contributed by atoms with Crippen LogP contribution in [0.5, 0.6) is 0 Å². The van der Waals surface area contributed by atoms with Crippen LogP contribution in [0.25, 0.3) is 0 Å². The smallest absolute Gasteiger partial charge is 0.333 e. The highest BCUT2D eigenvalue weighted by molar-refractivity contribution is 5.93. The average molecular weight is 309 g/mol. The molecule has 0 aliphatic rings. The van der Waals surface area contributed by atoms with Crippen molar-refractivity contribution in [3.05, 3.63) is 36.5 Å². The first-order valence-corrected chi connectivity index (χ1v) is 6.62. The fraction of sp³-hybridized carbons (Fsp3) is 0.438. The summed E-state index contributed by atoms with van der Waals surface area (Å²) < 4.78 is 10.1. The van der Waals surface area contributed by atoms with Crippen LogP contribution in [0, 0.1) is 0 Å². The lowest BCUT2D eigenvalue weighted by atomic mass is 10.0. The van der Waals surface area contributed by atoms with E-state index >= 15 is 0 Å². The van der Waals surface area contributed by atoms with Crippen molar-refractivity contribution in [2.45, 2.75) is 33.2 Å². The summed E-state index contributed by atoms with van der Waals surface area (Å²) in [7, 11) is 0. The van der Waals surface area contributed by atoms with E-state index in [1.807, 2.05) is 0 Å². The van der Waals surface area contributed by atoms with Gasteiger partial charge in [-0.25, -0.2) is 9.59 Å². The minimum Gasteiger partial charge on any atom is -0.460 e. The molecule has 0 radical (unpaired) electrons. The molecule has 0 saturated heterocycles. The van der Waals surface area contributed by atoms with Gasteiger partial charge in [-0.05, 0) is 27.7 Å². The van der Waals surface area contributed by atoms with E-state index in [2.05, 4.69) is 25.1 Å². The van der Waals surface area contributed by atoms with Crippen LogP contribution in [0.2, 0.25) is 0 Å². The first-order valence-electron chi connectivity index (χ1n) is 6.62. The minimum atomic E-state index is -1.09. The Morgan fingerprint density at radius 2 is 1.23 bits per heavy atom. The average Bonchev–Trinajstić information content (AvgIpc) is 2.41. The molecule has 6 nitrogen and oxygen atoms in total. The van der Waals surface area contributed by atoms with Crippen molar-refractivity contribution < 1.29 is 23.9 Å². The normalized spacial score (nSPS) is 10.4. The number of carbonyl (C=O) groups excluding carboxylic acids is 3. The van der Waals surface area contributed by atoms with Gasteiger partial charge in [0.2, 0.25) is 5.91 Å². The summed E-state index contributed by atoms with van der Waals surface area (Å²) in [4.78, 5) is 34.8. The number of esters is 2. The van der Waals surface area contributed by atoms with Crippen molar-refractivity contribution in [3.63, 3.8) is 0 Å². The summed E-state index contributed by atoms with van der Waals surface area (Å²) in [6, 6.07) is 0. The zero-order valence-corrected chi connectivity index (χ0v) is 13.6. The molecule has 122 valence electrons. The van der Waals surface area contributed by atoms with E-state index in [0.717, 1.165) is 0 Å². The van der Waals surface area contributed by atoms with Gasteiger partial charge >= 0.3 is 11.9 Å². The van der Waals surface area contributed by atoms with Crippen LogP contribution < -0.4 is 5.32 Å². The third kappa shape index (κ3) is 6.88. The predicted octanol–water partition coefficient (Wildman–Crippen LogP) is 1.68. The highest BCUT2D eigenvalue weighted by atomic mass is 16.5. The second kappa shape index (κ2) is 8.17. The molecule has 0 fully saturated rings. The Labute approximate surface area is 130 Å². The van der Waals surface area contributed by atoms with E-state index in [0.29, 0.717) is 0 Å². The number of rotatable bonds is 8. The van der Waals surface area contributed by atoms with E-state index in [4.69, 9.17) is 9.47 Å². The number of amides is 1. The molecule has 0 aromatic carbocycles. The Hall–Kier alpha value is -2.37. The van der Waals surface area contributed by atoms with Gasteiger partial charge in [0.05, 0.1) is 0 Å². The largest absolute Gasteiger partial charge is 0.460 e. The molecule has 22 heavy (non-hydrogen) atoms. The van der Waals surface area contributed by atoms with Gasteiger partial charge in [0.25, 0.3) is 0 Å². The quantitative estimate of drug-likeness (QED) is 0.545. The Morgan fingerprint density at radius 1 is 0.864 bits per heavy atom. The lowest BCUT2D eigenvalue weighted by molar-refractivity contribution is -0.147. The molecule has 1 N–H and O–H groups in total. The van der Waals surface area contributed by atoms with Gasteiger partial charge in [0.15, 0.2) is 0 Å². The molecule has 0 saturated carbocycles. The fourth-order valence-corrected chi connectivity index (χ4v) is 1.19. The van der Waals surface area contributed by atoms with Crippen LogP contribution in [0.4, 0.5) is 0 Å². The zero-order valence-electron chi connectivity index (χ0n) is 13.6. The van der Waals surface area contributed by atoms with Crippen molar-refractivity contribution in [2.75, 3.05) is 13.2 Å². The van der Waals surface area contributed by atoms with Gasteiger partial charge < -0.3 is 14.8 Å². The Balaban J connectivity index is 4.95. The number of ether oxygens (including phenoxy) is 2. The van der Waals surface area contributed by atoms with Crippen LogP contribution in [0.15, 0.2) is 36.5 Å². The minimum absolute atomic E-state index is 0.179. The molecule has 0 bridgehead atoms. The van der Waals surface area contributed by atoms with Gasteiger partial charge in [-0.3, -0.25) is 4.79 Å². The highest BCUT2D eigenvalue weighted by Gasteiger charge is 2.30. The van der Waals surface area contributed by atoms with Gasteiger partial charge in [-0.2, -0.15) is 0 Å². The molecular formula is C16H23NO5. The van der Waals surface area contributed by atoms with Gasteiger partial charge in [0.1, 0.15) is 18.8 Å². The second-order valence-corrected chi connectivity index (χ2v) is 5.51. The highest BCUT2D eigenvalue weighted by Crippen LogP contribution is 2.10. The Bertz CT molecular complexity index is 489. The molecule has 0 aromatic heterocycles. The van der Waals surface area contributed by atoms with E-state index in [9.17, 15) is 14.4 Å². The summed E-state index contributed by atoms with van der Waals surface area (Å²) >= 11 is 0. The maximum atomic E-state index is 11.8. The lowest BCUT2D eigenvalue weighted by Gasteiger charge is -2.30. The molecule has 0 heterocycles. The van der Waals surface area contributed by atoms with Crippen LogP contribution in [-0.2, 0) is 23.9 Å². The Kier molecular flexibility index (Phi) is 7.29. The maximum absolute atomic E-state index is 11.8. The number of hydrogen-bond donors (Lipinski definition) is 1. The summed E-state index contributed by atoms with van der Waals surface area (Å²) in [5.41, 5.74) is -0.351. The summed E-state index contributed by atoms with van der Waals surface area (Å²) in [6.45, 7) is 16.3. The standard InChI is InChI=1S/C16H23NO5/c1-10(2)13(18)17-16(7,8-21-14(19)11(3)4)9-22-15(20)12(5)6/h1,3,5,8-9H2,2,4,6-7H3,(H,17,18). The van der Waals surface area contributed by atoms with Crippen molar-refractivity contribution in [2.24, 2.45) is 0 Å². The maximum Gasteiger partial charge on any atom is 0.333 e. The molecule has 0 atom stereocenters. The zero-order chi connectivity index (χ0) is 17.5. The summed E-state index contributed by atoms with van der Waals surface area (Å²) in [5.74, 6) is -1.62. The molecule has 1 amide bonds. The third-order valence-electron chi connectivity index (χ3n) is 2.54. The molecule has 0 aromatic rings. The van der Waals surface area contributed by atoms with E-state index < -0.39 is 23.4 Å². The number of nitrogens with one attached hydrogen (secondary N) is 1. The van der Waals surface area contributed by atoms with Gasteiger partial charge in [-0.15, -0.1) is 0 Å². The van der Waals surface area contributed by atoms with Crippen LogP contribution in [0.3, 0.4) is 0 Å². The fourth-order valence-electron chi connectivity index (χ4n) is 1.19. The Morgan fingerprint density at radius 3 is 1.50 bits per heavy atom. The van der Waals surface area contributed by atoms with Crippen molar-refractivity contribution in [1.82, 2.24) is 5.32 Å². The first kappa shape index (κ1) is 19.6. The molecule has 6 heteroatoms. The molecule has 0 unspecified atom stereocenters. The SMILES string of the molecule is C=C(C)C(=O)NC(C)(COC(=O)C(=C)C)COC(=O)C(=C)C. The van der Waals surface area contributed by atoms with Crippen LogP contribution in [-0.4, -0.2) is 36.6 Å². The van der Waals surface area contributed by atoms with E-state index in [1.165, 1.54) is 20.8 Å². The number of carbonyl (C=O) groups is 3. The van der Waals surface area contributed by atoms with Crippen molar-refractivity contribution in [3.8, 4) is 0 Å². The lowest BCUT2D eigenvalue weighted by Crippen LogP contribution is -2.53. The van der Waals surface area contributed by atoms with Crippen LogP contribution >= 0.6 is 0 Å². The summed E-state index contributed by atoms with van der Waals surface area (Å²) in [6.07, 6.45) is 0. The molecule has 0 rings (SSSR count). The number of hydrogen-bond acceptors (Lipinski definition) is 5. The first-order chi connectivity index (χ1) is 9.98. The summed E-state index contributed by atoms with van der Waals surface area (Å²) in [5, 5.41) is 2.63. The van der Waals surface area contributed by atoms with Crippen LogP contribution in [0.1, 0.15) is 27.7 Å².